The maximum Gasteiger partial charge on any atom is 0.262 e. The zero-order valence-corrected chi connectivity index (χ0v) is 9.69. The highest BCUT2D eigenvalue weighted by Gasteiger charge is 2.15. The fourth-order valence-corrected chi connectivity index (χ4v) is 1.99. The zero-order valence-electron chi connectivity index (χ0n) is 8.87. The van der Waals surface area contributed by atoms with Crippen molar-refractivity contribution in [1.82, 2.24) is 15.1 Å². The number of aromatic hydroxyl groups is 1. The molecule has 2 heterocycles. The number of phenols is 1. The average Bonchev–Trinajstić information content (AvgIpc) is 2.99. The largest absolute Gasteiger partial charge is 0.507 e. The van der Waals surface area contributed by atoms with Gasteiger partial charge >= 0.3 is 0 Å². The summed E-state index contributed by atoms with van der Waals surface area (Å²) in [5, 5.41) is 13.4. The van der Waals surface area contributed by atoms with E-state index in [0.29, 0.717) is 11.4 Å². The minimum Gasteiger partial charge on any atom is -0.507 e. The quantitative estimate of drug-likeness (QED) is 0.769. The van der Waals surface area contributed by atoms with E-state index in [2.05, 4.69) is 15.1 Å². The van der Waals surface area contributed by atoms with Crippen molar-refractivity contribution in [2.75, 3.05) is 0 Å². The van der Waals surface area contributed by atoms with Gasteiger partial charge in [-0.05, 0) is 12.1 Å². The van der Waals surface area contributed by atoms with Crippen LogP contribution in [0.1, 0.15) is 0 Å². The third-order valence-electron chi connectivity index (χ3n) is 2.27. The Kier molecular flexibility index (Phi) is 2.52. The fourth-order valence-electron chi connectivity index (χ4n) is 1.44. The van der Waals surface area contributed by atoms with Crippen molar-refractivity contribution in [3.63, 3.8) is 0 Å². The molecule has 0 amide bonds. The Hall–Kier alpha value is -2.28. The molecule has 3 aromatic rings. The van der Waals surface area contributed by atoms with Gasteiger partial charge in [-0.1, -0.05) is 5.16 Å². The summed E-state index contributed by atoms with van der Waals surface area (Å²) in [7, 11) is 0. The fraction of sp³-hybridized carbons (Fsp3) is 0. The van der Waals surface area contributed by atoms with Crippen molar-refractivity contribution < 1.29 is 14.0 Å². The van der Waals surface area contributed by atoms with Gasteiger partial charge in [0.1, 0.15) is 11.6 Å². The number of benzene rings is 1. The van der Waals surface area contributed by atoms with Gasteiger partial charge in [-0.15, -0.1) is 11.3 Å². The van der Waals surface area contributed by atoms with Crippen LogP contribution in [0.3, 0.4) is 0 Å². The minimum absolute atomic E-state index is 0.135. The molecule has 0 atom stereocenters. The second kappa shape index (κ2) is 4.19. The highest BCUT2D eigenvalue weighted by molar-refractivity contribution is 7.13. The predicted octanol–water partition coefficient (Wildman–Crippen LogP) is 2.70. The van der Waals surface area contributed by atoms with Gasteiger partial charge in [-0.25, -0.2) is 4.39 Å². The van der Waals surface area contributed by atoms with Gasteiger partial charge in [0.15, 0.2) is 0 Å². The molecule has 3 rings (SSSR count). The van der Waals surface area contributed by atoms with Crippen molar-refractivity contribution in [1.29, 1.82) is 0 Å². The summed E-state index contributed by atoms with van der Waals surface area (Å²) < 4.78 is 17.9. The third-order valence-corrected chi connectivity index (χ3v) is 3.04. The van der Waals surface area contributed by atoms with Crippen LogP contribution in [0.5, 0.6) is 5.75 Å². The first-order valence-electron chi connectivity index (χ1n) is 4.95. The number of nitrogens with zero attached hydrogens (tertiary/aromatic N) is 3. The van der Waals surface area contributed by atoms with Gasteiger partial charge in [0, 0.05) is 12.3 Å². The van der Waals surface area contributed by atoms with Gasteiger partial charge in [0.05, 0.1) is 16.0 Å². The summed E-state index contributed by atoms with van der Waals surface area (Å²) >= 11 is 1.37. The van der Waals surface area contributed by atoms with Crippen LogP contribution in [0.2, 0.25) is 0 Å². The van der Waals surface area contributed by atoms with Gasteiger partial charge < -0.3 is 9.63 Å². The maximum atomic E-state index is 12.9. The summed E-state index contributed by atoms with van der Waals surface area (Å²) in [4.78, 5) is 8.79. The summed E-state index contributed by atoms with van der Waals surface area (Å²) in [6.07, 6.45) is 1.61. The van der Waals surface area contributed by atoms with E-state index in [1.807, 2.05) is 0 Å². The Labute approximate surface area is 105 Å². The molecule has 1 aromatic carbocycles. The van der Waals surface area contributed by atoms with E-state index in [0.717, 1.165) is 10.9 Å². The molecule has 0 radical (unpaired) electrons. The average molecular weight is 263 g/mol. The Morgan fingerprint density at radius 2 is 2.22 bits per heavy atom. The van der Waals surface area contributed by atoms with Crippen LogP contribution < -0.4 is 0 Å². The Morgan fingerprint density at radius 3 is 2.94 bits per heavy atom. The smallest absolute Gasteiger partial charge is 0.262 e. The van der Waals surface area contributed by atoms with Gasteiger partial charge in [-0.3, -0.25) is 4.98 Å². The molecule has 0 saturated heterocycles. The van der Waals surface area contributed by atoms with E-state index in [1.54, 1.807) is 11.7 Å². The second-order valence-corrected chi connectivity index (χ2v) is 4.34. The lowest BCUT2D eigenvalue weighted by atomic mass is 10.2. The van der Waals surface area contributed by atoms with Gasteiger partial charge in [0.2, 0.25) is 5.82 Å². The molecule has 0 saturated carbocycles. The summed E-state index contributed by atoms with van der Waals surface area (Å²) in [5.74, 6) is -0.250. The minimum atomic E-state index is -0.529. The molecule has 7 heteroatoms. The Morgan fingerprint density at radius 1 is 1.33 bits per heavy atom. The first-order chi connectivity index (χ1) is 8.74. The Balaban J connectivity index is 2.03. The van der Waals surface area contributed by atoms with Crippen molar-refractivity contribution >= 4 is 11.3 Å². The van der Waals surface area contributed by atoms with E-state index in [4.69, 9.17) is 4.52 Å². The van der Waals surface area contributed by atoms with Crippen molar-refractivity contribution in [2.45, 2.75) is 0 Å². The predicted molar refractivity (Wildman–Crippen MR) is 62.5 cm³/mol. The zero-order chi connectivity index (χ0) is 12.5. The molecule has 18 heavy (non-hydrogen) atoms. The normalized spacial score (nSPS) is 10.7. The molecule has 0 aliphatic carbocycles. The van der Waals surface area contributed by atoms with Gasteiger partial charge in [0.25, 0.3) is 5.89 Å². The number of thiazole rings is 1. The molecule has 2 aromatic heterocycles. The van der Waals surface area contributed by atoms with Crippen molar-refractivity contribution in [3.8, 4) is 27.9 Å². The van der Waals surface area contributed by atoms with Crippen LogP contribution in [0, 0.1) is 5.82 Å². The molecule has 0 bridgehead atoms. The highest BCUT2D eigenvalue weighted by atomic mass is 32.1. The van der Waals surface area contributed by atoms with Crippen molar-refractivity contribution in [3.05, 3.63) is 35.7 Å². The van der Waals surface area contributed by atoms with E-state index >= 15 is 0 Å². The van der Waals surface area contributed by atoms with Crippen LogP contribution in [-0.2, 0) is 0 Å². The number of hydrogen-bond donors (Lipinski definition) is 1. The van der Waals surface area contributed by atoms with E-state index in [-0.39, 0.29) is 11.6 Å². The lowest BCUT2D eigenvalue weighted by molar-refractivity contribution is 0.425. The lowest BCUT2D eigenvalue weighted by Gasteiger charge is -1.97. The monoisotopic (exact) mass is 263 g/mol. The topological polar surface area (TPSA) is 72.0 Å². The molecule has 0 aliphatic rings. The van der Waals surface area contributed by atoms with E-state index in [9.17, 15) is 9.50 Å². The molecule has 0 fully saturated rings. The molecule has 0 unspecified atom stereocenters. The molecule has 0 spiro atoms. The molecule has 5 nitrogen and oxygen atoms in total. The van der Waals surface area contributed by atoms with Crippen LogP contribution in [0.4, 0.5) is 4.39 Å². The number of phenolic OH excluding ortho intramolecular Hbond substituents is 1. The van der Waals surface area contributed by atoms with Crippen LogP contribution in [0.15, 0.2) is 34.4 Å². The number of halogens is 1. The van der Waals surface area contributed by atoms with Gasteiger partial charge in [-0.2, -0.15) is 4.98 Å². The number of hydrogen-bond acceptors (Lipinski definition) is 6. The molecule has 90 valence electrons. The van der Waals surface area contributed by atoms with E-state index in [1.165, 1.54) is 23.5 Å². The summed E-state index contributed by atoms with van der Waals surface area (Å²) in [5.41, 5.74) is 1.94. The SMILES string of the molecule is Oc1cc(F)ccc1-c1nc(-c2cncs2)no1. The number of rotatable bonds is 2. The maximum absolute atomic E-state index is 12.9. The second-order valence-electron chi connectivity index (χ2n) is 3.45. The first-order valence-corrected chi connectivity index (χ1v) is 5.83. The van der Waals surface area contributed by atoms with Crippen LogP contribution in [-0.4, -0.2) is 20.2 Å². The Bertz CT molecular complexity index is 681. The van der Waals surface area contributed by atoms with Crippen LogP contribution in [0.25, 0.3) is 22.2 Å². The molecule has 0 aliphatic heterocycles. The first kappa shape index (κ1) is 10.8. The van der Waals surface area contributed by atoms with Crippen molar-refractivity contribution in [2.24, 2.45) is 0 Å². The summed E-state index contributed by atoms with van der Waals surface area (Å²) in [6, 6.07) is 3.59. The van der Waals surface area contributed by atoms with Crippen LogP contribution >= 0.6 is 11.3 Å². The molecular weight excluding hydrogens is 257 g/mol. The molecular formula is C11H6FN3O2S. The van der Waals surface area contributed by atoms with E-state index < -0.39 is 5.82 Å². The molecule has 1 N–H and O–H groups in total. The lowest BCUT2D eigenvalue weighted by Crippen LogP contribution is -1.81. The standard InChI is InChI=1S/C11H6FN3O2S/c12-6-1-2-7(8(16)3-6)11-14-10(15-17-11)9-4-13-5-18-9/h1-5,16H. The third kappa shape index (κ3) is 1.84. The summed E-state index contributed by atoms with van der Waals surface area (Å²) in [6.45, 7) is 0. The number of aromatic nitrogens is 3. The highest BCUT2D eigenvalue weighted by Crippen LogP contribution is 2.30.